The van der Waals surface area contributed by atoms with Gasteiger partial charge in [0.25, 0.3) is 0 Å². The number of hydrogen-bond acceptors (Lipinski definition) is 13. The van der Waals surface area contributed by atoms with E-state index in [4.69, 9.17) is 29.8 Å². The van der Waals surface area contributed by atoms with Crippen LogP contribution >= 0.6 is 0 Å². The lowest BCUT2D eigenvalue weighted by Crippen LogP contribution is -2.34. The number of hydrazone groups is 1. The number of amides is 4. The number of primary amides is 2. The van der Waals surface area contributed by atoms with Gasteiger partial charge in [0.15, 0.2) is 0 Å². The average Bonchev–Trinajstić information content (AvgIpc) is 3.45. The number of ether oxygens (including phenoxy) is 5. The maximum atomic E-state index is 12.8. The number of hydrazine groups is 1. The van der Waals surface area contributed by atoms with Crippen LogP contribution in [-0.2, 0) is 23.9 Å². The van der Waals surface area contributed by atoms with Gasteiger partial charge in [-0.25, -0.2) is 38.4 Å². The molecular formula is C57H76F4N6O11. The van der Waals surface area contributed by atoms with Crippen LogP contribution in [0.1, 0.15) is 110 Å². The van der Waals surface area contributed by atoms with Crippen LogP contribution < -0.4 is 42.4 Å². The lowest BCUT2D eigenvalue weighted by atomic mass is 9.83. The second-order valence-corrected chi connectivity index (χ2v) is 19.1. The number of urea groups is 2. The number of carbonyl (C=O) groups is 5. The highest BCUT2D eigenvalue weighted by atomic mass is 19.1. The number of phenols is 1. The third kappa shape index (κ3) is 27.6. The molecule has 0 bridgehead atoms. The van der Waals surface area contributed by atoms with Crippen LogP contribution in [0.15, 0.2) is 102 Å². The number of nitrogens with two attached hydrogens (primary N) is 3. The normalized spacial score (nSPS) is 22.2. The SMILES string of the molecule is COC(=O)C1CCC(C)CC1.COC(=O)C1CCC(Oc2ccc(F)cc2)CC1.NC(=O)N/N=C/C1CCC(Oc2ccc(F)cc2)CC1.NNC(N)=O.O=CC1CCC(Oc2ccc(F)cc2)CC1.Oc1ccc(F)cc1. The zero-order valence-electron chi connectivity index (χ0n) is 44.5. The molecule has 4 aliphatic rings. The maximum Gasteiger partial charge on any atom is 0.332 e. The predicted octanol–water partition coefficient (Wildman–Crippen LogP) is 10.4. The van der Waals surface area contributed by atoms with Crippen molar-refractivity contribution in [3.05, 3.63) is 120 Å². The summed E-state index contributed by atoms with van der Waals surface area (Å²) in [5.74, 6) is 6.88. The van der Waals surface area contributed by atoms with Gasteiger partial charge in [-0.15, -0.1) is 0 Å². The van der Waals surface area contributed by atoms with Crippen molar-refractivity contribution in [2.45, 2.75) is 128 Å². The molecule has 0 unspecified atom stereocenters. The Labute approximate surface area is 453 Å². The molecule has 4 amide bonds. The topological polar surface area (TPSA) is 266 Å². The molecule has 0 spiro atoms. The van der Waals surface area contributed by atoms with Crippen molar-refractivity contribution < 1.29 is 70.3 Å². The van der Waals surface area contributed by atoms with Gasteiger partial charge in [-0.2, -0.15) is 5.10 Å². The number of nitrogens with one attached hydrogen (secondary N) is 2. The molecule has 9 N–H and O–H groups in total. The number of hydrogen-bond donors (Lipinski definition) is 6. The van der Waals surface area contributed by atoms with Crippen LogP contribution in [0.25, 0.3) is 0 Å². The first-order chi connectivity index (χ1) is 37.4. The number of esters is 2. The molecule has 4 saturated carbocycles. The molecule has 0 aromatic heterocycles. The van der Waals surface area contributed by atoms with Crippen molar-refractivity contribution in [1.29, 1.82) is 0 Å². The number of rotatable bonds is 11. The van der Waals surface area contributed by atoms with E-state index in [9.17, 15) is 41.5 Å². The van der Waals surface area contributed by atoms with E-state index in [1.165, 1.54) is 87.7 Å². The summed E-state index contributed by atoms with van der Waals surface area (Å²) in [6.07, 6.45) is 18.1. The second kappa shape index (κ2) is 36.6. The summed E-state index contributed by atoms with van der Waals surface area (Å²) in [5, 5.41) is 12.4. The number of carbonyl (C=O) groups excluding carboxylic acids is 5. The van der Waals surface area contributed by atoms with E-state index in [-0.39, 0.29) is 77.0 Å². The lowest BCUT2D eigenvalue weighted by molar-refractivity contribution is -0.147. The molecule has 78 heavy (non-hydrogen) atoms. The molecule has 0 heterocycles. The molecule has 4 fully saturated rings. The minimum Gasteiger partial charge on any atom is -0.508 e. The van der Waals surface area contributed by atoms with Gasteiger partial charge in [-0.05, 0) is 212 Å². The number of aromatic hydroxyl groups is 1. The first kappa shape index (κ1) is 64.9. The maximum absolute atomic E-state index is 12.8. The van der Waals surface area contributed by atoms with E-state index in [0.29, 0.717) is 23.2 Å². The summed E-state index contributed by atoms with van der Waals surface area (Å²) < 4.78 is 76.9. The van der Waals surface area contributed by atoms with Gasteiger partial charge in [-0.1, -0.05) is 6.92 Å². The Balaban J connectivity index is 0.000000257. The standard InChI is InChI=1S/C14H18FN3O2.C14H17FO3.C13H15FO2.C9H16O2.C6H5FO.CH5N3O/c15-11-3-7-13(8-4-11)20-12-5-1-10(2-6-12)9-17-18-14(16)19;1-17-14(16)10-2-6-12(7-3-10)18-13-8-4-11(15)5-9-13;14-11-3-7-13(8-4-11)16-12-5-1-10(9-15)2-6-12;1-7-3-5-8(6-4-7)9(10)11-2;7-5-1-3-6(8)4-2-5;2-1(5)4-3/h3-4,7-10,12H,1-2,5-6H2,(H3,16,18,19);4-5,8-10,12H,2-3,6-7H2,1H3;3-4,7-10,12H,1-2,5-6H2;7-8H,3-6H2,1-2H3;1-4,8H;3H2,(H3,2,4,5)/b17-9+;;;;;. The second-order valence-electron chi connectivity index (χ2n) is 19.1. The third-order valence-corrected chi connectivity index (χ3v) is 13.2. The first-order valence-electron chi connectivity index (χ1n) is 26.1. The fourth-order valence-electron chi connectivity index (χ4n) is 8.71. The Kier molecular flexibility index (Phi) is 30.4. The highest BCUT2D eigenvalue weighted by molar-refractivity contribution is 5.73. The summed E-state index contributed by atoms with van der Waals surface area (Å²) in [4.78, 5) is 52.8. The van der Waals surface area contributed by atoms with E-state index in [2.05, 4.69) is 33.8 Å². The fraction of sp³-hybridized carbons (Fsp3) is 0.474. The molecule has 17 nitrogen and oxygen atoms in total. The number of benzene rings is 4. The largest absolute Gasteiger partial charge is 0.508 e. The number of nitrogens with zero attached hydrogens (tertiary/aromatic N) is 1. The summed E-state index contributed by atoms with van der Waals surface area (Å²) in [6.45, 7) is 2.24. The monoisotopic (exact) mass is 1100 g/mol. The predicted molar refractivity (Wildman–Crippen MR) is 286 cm³/mol. The number of methoxy groups -OCH3 is 2. The zero-order chi connectivity index (χ0) is 57.2. The summed E-state index contributed by atoms with van der Waals surface area (Å²) >= 11 is 0. The Hall–Kier alpha value is -7.42. The van der Waals surface area contributed by atoms with E-state index in [1.807, 2.05) is 0 Å². The summed E-state index contributed by atoms with van der Waals surface area (Å²) in [7, 11) is 2.89. The highest BCUT2D eigenvalue weighted by Gasteiger charge is 2.28. The van der Waals surface area contributed by atoms with Gasteiger partial charge in [0.2, 0.25) is 0 Å². The molecule has 8 rings (SSSR count). The van der Waals surface area contributed by atoms with Crippen LogP contribution in [0.5, 0.6) is 23.0 Å². The lowest BCUT2D eigenvalue weighted by Gasteiger charge is -2.27. The van der Waals surface area contributed by atoms with Crippen LogP contribution in [-0.4, -0.2) is 74.1 Å². The zero-order valence-corrected chi connectivity index (χ0v) is 44.5. The van der Waals surface area contributed by atoms with E-state index in [1.54, 1.807) is 48.0 Å². The van der Waals surface area contributed by atoms with Crippen molar-refractivity contribution >= 4 is 36.5 Å². The smallest absolute Gasteiger partial charge is 0.332 e. The molecular weight excluding hydrogens is 1020 g/mol. The minimum atomic E-state index is -0.718. The molecule has 0 radical (unpaired) electrons. The molecule has 4 aliphatic carbocycles. The molecule has 0 atom stereocenters. The Bertz CT molecular complexity index is 2340. The van der Waals surface area contributed by atoms with E-state index < -0.39 is 12.1 Å². The molecule has 428 valence electrons. The molecule has 21 heteroatoms. The van der Waals surface area contributed by atoms with Gasteiger partial charge in [0.05, 0.1) is 44.4 Å². The summed E-state index contributed by atoms with van der Waals surface area (Å²) in [6, 6.07) is 21.8. The Morgan fingerprint density at radius 2 is 0.821 bits per heavy atom. The molecule has 4 aromatic rings. The minimum absolute atomic E-state index is 0.00284. The van der Waals surface area contributed by atoms with Crippen molar-refractivity contribution in [2.24, 2.45) is 52.0 Å². The van der Waals surface area contributed by atoms with Crippen molar-refractivity contribution in [3.63, 3.8) is 0 Å². The molecule has 0 saturated heterocycles. The molecule has 0 aliphatic heterocycles. The van der Waals surface area contributed by atoms with E-state index >= 15 is 0 Å². The average molecular weight is 1100 g/mol. The third-order valence-electron chi connectivity index (χ3n) is 13.2. The Morgan fingerprint density at radius 1 is 0.513 bits per heavy atom. The number of aldehydes is 1. The van der Waals surface area contributed by atoms with Crippen LogP contribution in [0.3, 0.4) is 0 Å². The highest BCUT2D eigenvalue weighted by Crippen LogP contribution is 2.31. The number of halogens is 4. The van der Waals surface area contributed by atoms with Gasteiger partial charge in [0.1, 0.15) is 52.6 Å². The quantitative estimate of drug-likeness (QED) is 0.0156. The Morgan fingerprint density at radius 3 is 1.12 bits per heavy atom. The van der Waals surface area contributed by atoms with Gasteiger partial charge < -0.3 is 45.1 Å². The first-order valence-corrected chi connectivity index (χ1v) is 26.1. The summed E-state index contributed by atoms with van der Waals surface area (Å²) in [5.41, 5.74) is 13.2. The van der Waals surface area contributed by atoms with Crippen molar-refractivity contribution in [1.82, 2.24) is 10.9 Å². The van der Waals surface area contributed by atoms with Crippen molar-refractivity contribution in [3.8, 4) is 23.0 Å². The van der Waals surface area contributed by atoms with Crippen LogP contribution in [0.4, 0.5) is 27.2 Å². The molecule has 4 aromatic carbocycles. The van der Waals surface area contributed by atoms with Gasteiger partial charge >= 0.3 is 24.0 Å². The number of phenolic OH excluding ortho intramolecular Hbond substituents is 1. The van der Waals surface area contributed by atoms with Crippen molar-refractivity contribution in [2.75, 3.05) is 14.2 Å². The fourth-order valence-corrected chi connectivity index (χ4v) is 8.71. The van der Waals surface area contributed by atoms with Crippen LogP contribution in [0.2, 0.25) is 0 Å². The van der Waals surface area contributed by atoms with Crippen LogP contribution in [0, 0.1) is 52.9 Å². The van der Waals surface area contributed by atoms with Gasteiger partial charge in [-0.3, -0.25) is 15.0 Å². The van der Waals surface area contributed by atoms with E-state index in [0.717, 1.165) is 102 Å². The van der Waals surface area contributed by atoms with Gasteiger partial charge in [0, 0.05) is 12.1 Å².